The van der Waals surface area contributed by atoms with Crippen LogP contribution >= 0.6 is 11.6 Å². The molecule has 28 heavy (non-hydrogen) atoms. The molecule has 0 aliphatic carbocycles. The van der Waals surface area contributed by atoms with Gasteiger partial charge in [-0.15, -0.1) is 0 Å². The third-order valence-electron chi connectivity index (χ3n) is 4.45. The van der Waals surface area contributed by atoms with Crippen molar-refractivity contribution in [3.05, 3.63) is 64.7 Å². The molecule has 0 radical (unpaired) electrons. The van der Waals surface area contributed by atoms with Gasteiger partial charge in [-0.25, -0.2) is 4.79 Å². The number of aromatic hydroxyl groups is 1. The van der Waals surface area contributed by atoms with Crippen molar-refractivity contribution in [3.63, 3.8) is 0 Å². The molecule has 0 aromatic heterocycles. The Bertz CT molecular complexity index is 920. The van der Waals surface area contributed by atoms with E-state index in [1.165, 1.54) is 47.8 Å². The van der Waals surface area contributed by atoms with E-state index in [1.54, 1.807) is 0 Å². The van der Waals surface area contributed by atoms with Gasteiger partial charge in [-0.3, -0.25) is 4.79 Å². The van der Waals surface area contributed by atoms with Crippen LogP contribution < -0.4 is 10.6 Å². The van der Waals surface area contributed by atoms with Gasteiger partial charge in [0, 0.05) is 10.6 Å². The smallest absolute Gasteiger partial charge is 0.437 e. The van der Waals surface area contributed by atoms with Gasteiger partial charge in [0.2, 0.25) is 5.72 Å². The monoisotopic (exact) mass is 414 g/mol. The standard InChI is InChI=1S/C18H14ClF3N2O4/c19-11-6-4-9(5-7-11)15(26)13-14(10-2-1-3-12(25)8-10)23-16(27)24-17(13,28)18(20,21)22/h1-8,13-14,25,28H,(H2,23,24,27)/t13-,14+,17+/m1/s1. The molecule has 2 aromatic rings. The molecule has 1 saturated heterocycles. The molecule has 1 fully saturated rings. The van der Waals surface area contributed by atoms with Gasteiger partial charge in [-0.1, -0.05) is 23.7 Å². The molecule has 6 nitrogen and oxygen atoms in total. The average molecular weight is 415 g/mol. The summed E-state index contributed by atoms with van der Waals surface area (Å²) in [5.41, 5.74) is -3.95. The molecule has 2 amide bonds. The van der Waals surface area contributed by atoms with Crippen LogP contribution in [0.15, 0.2) is 48.5 Å². The maximum atomic E-state index is 13.7. The highest BCUT2D eigenvalue weighted by atomic mass is 35.5. The minimum absolute atomic E-state index is 0.0184. The number of benzene rings is 2. The van der Waals surface area contributed by atoms with Crippen LogP contribution in [0.5, 0.6) is 5.75 Å². The summed E-state index contributed by atoms with van der Waals surface area (Å²) < 4.78 is 41.2. The SMILES string of the molecule is O=C1N[C@@H](c2cccc(O)c2)[C@H](C(=O)c2ccc(Cl)cc2)[C@](O)(C(F)(F)F)N1. The Labute approximate surface area is 161 Å². The summed E-state index contributed by atoms with van der Waals surface area (Å²) in [5, 5.41) is 24.0. The summed E-state index contributed by atoms with van der Waals surface area (Å²) in [6.45, 7) is 0. The van der Waals surface area contributed by atoms with E-state index in [0.717, 1.165) is 6.07 Å². The number of phenolic OH excluding ortho intramolecular Hbond substituents is 1. The van der Waals surface area contributed by atoms with Crippen molar-refractivity contribution < 1.29 is 33.0 Å². The Morgan fingerprint density at radius 1 is 1.14 bits per heavy atom. The lowest BCUT2D eigenvalue weighted by Crippen LogP contribution is -2.72. The van der Waals surface area contributed by atoms with E-state index in [4.69, 9.17) is 11.6 Å². The fraction of sp³-hybridized carbons (Fsp3) is 0.222. The normalized spacial score (nSPS) is 25.0. The van der Waals surface area contributed by atoms with Crippen molar-refractivity contribution in [2.45, 2.75) is 17.9 Å². The largest absolute Gasteiger partial charge is 0.508 e. The van der Waals surface area contributed by atoms with Crippen molar-refractivity contribution in [1.29, 1.82) is 0 Å². The lowest BCUT2D eigenvalue weighted by Gasteiger charge is -2.45. The van der Waals surface area contributed by atoms with Gasteiger partial charge in [0.15, 0.2) is 5.78 Å². The average Bonchev–Trinajstić information content (AvgIpc) is 2.60. The Hall–Kier alpha value is -2.78. The van der Waals surface area contributed by atoms with Crippen LogP contribution in [-0.4, -0.2) is 33.9 Å². The number of halogens is 4. The number of rotatable bonds is 3. The molecular weight excluding hydrogens is 401 g/mol. The van der Waals surface area contributed by atoms with Crippen LogP contribution in [0.25, 0.3) is 0 Å². The molecule has 148 valence electrons. The lowest BCUT2D eigenvalue weighted by molar-refractivity contribution is -0.287. The predicted octanol–water partition coefficient (Wildman–Crippen LogP) is 3.15. The second-order valence-corrected chi connectivity index (χ2v) is 6.72. The van der Waals surface area contributed by atoms with E-state index < -0.39 is 35.7 Å². The van der Waals surface area contributed by atoms with Crippen LogP contribution in [0.1, 0.15) is 22.0 Å². The van der Waals surface area contributed by atoms with Crippen molar-refractivity contribution in [3.8, 4) is 5.75 Å². The van der Waals surface area contributed by atoms with Gasteiger partial charge in [-0.2, -0.15) is 13.2 Å². The molecule has 3 rings (SSSR count). The van der Waals surface area contributed by atoms with E-state index >= 15 is 0 Å². The Morgan fingerprint density at radius 3 is 2.36 bits per heavy atom. The van der Waals surface area contributed by atoms with E-state index in [-0.39, 0.29) is 21.9 Å². The molecule has 0 saturated carbocycles. The molecule has 10 heteroatoms. The summed E-state index contributed by atoms with van der Waals surface area (Å²) in [7, 11) is 0. The number of urea groups is 1. The van der Waals surface area contributed by atoms with Crippen LogP contribution in [0, 0.1) is 5.92 Å². The highest BCUT2D eigenvalue weighted by Crippen LogP contribution is 2.44. The number of carbonyl (C=O) groups is 2. The van der Waals surface area contributed by atoms with Gasteiger partial charge in [0.1, 0.15) is 11.7 Å². The summed E-state index contributed by atoms with van der Waals surface area (Å²) in [6.07, 6.45) is -5.35. The zero-order chi connectivity index (χ0) is 20.7. The van der Waals surface area contributed by atoms with Gasteiger partial charge in [0.05, 0.1) is 6.04 Å². The second kappa shape index (κ2) is 6.99. The fourth-order valence-electron chi connectivity index (χ4n) is 3.13. The molecule has 1 aliphatic heterocycles. The summed E-state index contributed by atoms with van der Waals surface area (Å²) in [6, 6.07) is 7.26. The fourth-order valence-corrected chi connectivity index (χ4v) is 3.25. The van der Waals surface area contributed by atoms with Crippen LogP contribution in [0.4, 0.5) is 18.0 Å². The van der Waals surface area contributed by atoms with E-state index in [1.807, 2.05) is 0 Å². The maximum absolute atomic E-state index is 13.7. The molecule has 0 bridgehead atoms. The van der Waals surface area contributed by atoms with Crippen LogP contribution in [-0.2, 0) is 0 Å². The lowest BCUT2D eigenvalue weighted by atomic mass is 9.77. The Morgan fingerprint density at radius 2 is 1.79 bits per heavy atom. The number of phenols is 1. The zero-order valence-electron chi connectivity index (χ0n) is 14.0. The summed E-state index contributed by atoms with van der Waals surface area (Å²) in [5.74, 6) is -3.52. The van der Waals surface area contributed by atoms with E-state index in [2.05, 4.69) is 5.32 Å². The molecule has 4 N–H and O–H groups in total. The number of Topliss-reactive ketones (excluding diaryl/α,β-unsaturated/α-hetero) is 1. The number of amides is 2. The topological polar surface area (TPSA) is 98.7 Å². The first-order valence-electron chi connectivity index (χ1n) is 7.99. The quantitative estimate of drug-likeness (QED) is 0.580. The number of nitrogens with one attached hydrogen (secondary N) is 2. The number of aliphatic hydroxyl groups is 1. The van der Waals surface area contributed by atoms with Gasteiger partial charge in [0.25, 0.3) is 0 Å². The molecule has 1 heterocycles. The van der Waals surface area contributed by atoms with Crippen LogP contribution in [0.2, 0.25) is 5.02 Å². The first-order chi connectivity index (χ1) is 13.0. The van der Waals surface area contributed by atoms with Crippen molar-refractivity contribution in [2.24, 2.45) is 5.92 Å². The second-order valence-electron chi connectivity index (χ2n) is 6.28. The Balaban J connectivity index is 2.16. The maximum Gasteiger partial charge on any atom is 0.437 e. The number of carbonyl (C=O) groups excluding carboxylic acids is 2. The Kier molecular flexibility index (Phi) is 4.99. The first-order valence-corrected chi connectivity index (χ1v) is 8.37. The van der Waals surface area contributed by atoms with E-state index in [0.29, 0.717) is 0 Å². The predicted molar refractivity (Wildman–Crippen MR) is 92.8 cm³/mol. The summed E-state index contributed by atoms with van der Waals surface area (Å²) >= 11 is 5.75. The summed E-state index contributed by atoms with van der Waals surface area (Å²) in [4.78, 5) is 24.9. The van der Waals surface area contributed by atoms with Crippen molar-refractivity contribution in [1.82, 2.24) is 10.6 Å². The van der Waals surface area contributed by atoms with Gasteiger partial charge in [-0.05, 0) is 42.0 Å². The zero-order valence-corrected chi connectivity index (χ0v) is 14.8. The molecule has 2 aromatic carbocycles. The number of hydrogen-bond donors (Lipinski definition) is 4. The number of alkyl halides is 3. The first kappa shape index (κ1) is 20.0. The minimum Gasteiger partial charge on any atom is -0.508 e. The minimum atomic E-state index is -5.35. The molecule has 3 atom stereocenters. The van der Waals surface area contributed by atoms with E-state index in [9.17, 15) is 33.0 Å². The molecule has 1 aliphatic rings. The third kappa shape index (κ3) is 3.50. The molecule has 0 unspecified atom stereocenters. The van der Waals surface area contributed by atoms with Crippen molar-refractivity contribution in [2.75, 3.05) is 0 Å². The van der Waals surface area contributed by atoms with Gasteiger partial charge >= 0.3 is 12.2 Å². The van der Waals surface area contributed by atoms with Gasteiger partial charge < -0.3 is 20.8 Å². The number of hydrogen-bond acceptors (Lipinski definition) is 4. The number of ketones is 1. The molecule has 0 spiro atoms. The van der Waals surface area contributed by atoms with Crippen LogP contribution in [0.3, 0.4) is 0 Å². The highest BCUT2D eigenvalue weighted by molar-refractivity contribution is 6.30. The van der Waals surface area contributed by atoms with Crippen molar-refractivity contribution >= 4 is 23.4 Å². The highest BCUT2D eigenvalue weighted by Gasteiger charge is 2.66. The third-order valence-corrected chi connectivity index (χ3v) is 4.70. The molecular formula is C18H14ClF3N2O4.